The fourth-order valence-electron chi connectivity index (χ4n) is 3.64. The molecule has 6 heteroatoms. The highest BCUT2D eigenvalue weighted by Crippen LogP contribution is 2.28. The van der Waals surface area contributed by atoms with E-state index in [4.69, 9.17) is 4.74 Å². The van der Waals surface area contributed by atoms with Gasteiger partial charge < -0.3 is 10.1 Å². The Morgan fingerprint density at radius 3 is 2.76 bits per heavy atom. The van der Waals surface area contributed by atoms with Crippen LogP contribution in [0.4, 0.5) is 0 Å². The molecule has 6 nitrogen and oxygen atoms in total. The number of nitrogens with one attached hydrogen (secondary N) is 2. The van der Waals surface area contributed by atoms with Crippen LogP contribution in [0, 0.1) is 5.92 Å². The largest absolute Gasteiger partial charge is 0.482 e. The van der Waals surface area contributed by atoms with Gasteiger partial charge in [-0.1, -0.05) is 55.5 Å². The molecule has 2 aromatic rings. The van der Waals surface area contributed by atoms with Crippen LogP contribution in [0.5, 0.6) is 5.75 Å². The molecule has 2 atom stereocenters. The van der Waals surface area contributed by atoms with Crippen LogP contribution in [0.1, 0.15) is 69.9 Å². The second-order valence-electron chi connectivity index (χ2n) is 7.16. The number of tetrazole rings is 1. The molecule has 0 aliphatic heterocycles. The van der Waals surface area contributed by atoms with Crippen molar-refractivity contribution < 1.29 is 4.74 Å². The predicted molar refractivity (Wildman–Crippen MR) is 97.2 cm³/mol. The van der Waals surface area contributed by atoms with Gasteiger partial charge in [0.2, 0.25) is 5.82 Å². The van der Waals surface area contributed by atoms with Gasteiger partial charge in [0.25, 0.3) is 0 Å². The van der Waals surface area contributed by atoms with Crippen LogP contribution >= 0.6 is 0 Å². The predicted octanol–water partition coefficient (Wildman–Crippen LogP) is 3.79. The van der Waals surface area contributed by atoms with Gasteiger partial charge in [0, 0.05) is 18.2 Å². The van der Waals surface area contributed by atoms with Crippen molar-refractivity contribution in [2.24, 2.45) is 5.92 Å². The lowest BCUT2D eigenvalue weighted by Crippen LogP contribution is -2.28. The number of para-hydroxylation sites is 1. The Morgan fingerprint density at radius 2 is 2.00 bits per heavy atom. The Labute approximate surface area is 149 Å². The number of aromatic nitrogens is 4. The lowest BCUT2D eigenvalue weighted by Gasteiger charge is -2.25. The van der Waals surface area contributed by atoms with Crippen molar-refractivity contribution in [3.05, 3.63) is 35.7 Å². The molecule has 0 spiro atoms. The van der Waals surface area contributed by atoms with Crippen molar-refractivity contribution in [3.63, 3.8) is 0 Å². The van der Waals surface area contributed by atoms with Crippen LogP contribution < -0.4 is 10.1 Å². The van der Waals surface area contributed by atoms with Gasteiger partial charge in [0.1, 0.15) is 5.75 Å². The summed E-state index contributed by atoms with van der Waals surface area (Å²) in [5.74, 6) is 2.33. The van der Waals surface area contributed by atoms with Gasteiger partial charge in [0.15, 0.2) is 6.10 Å². The summed E-state index contributed by atoms with van der Waals surface area (Å²) in [4.78, 5) is 0. The van der Waals surface area contributed by atoms with Gasteiger partial charge in [-0.2, -0.15) is 5.21 Å². The summed E-state index contributed by atoms with van der Waals surface area (Å²) in [6.07, 6.45) is 8.05. The Bertz CT molecular complexity index is 625. The second kappa shape index (κ2) is 8.94. The van der Waals surface area contributed by atoms with Crippen LogP contribution in [0.25, 0.3) is 0 Å². The molecule has 1 aromatic heterocycles. The summed E-state index contributed by atoms with van der Waals surface area (Å²) in [6.45, 7) is 5.03. The average molecular weight is 343 g/mol. The Kier molecular flexibility index (Phi) is 6.39. The van der Waals surface area contributed by atoms with Gasteiger partial charge in [-0.05, 0) is 32.3 Å². The maximum absolute atomic E-state index is 6.05. The molecule has 1 heterocycles. The van der Waals surface area contributed by atoms with E-state index in [9.17, 15) is 0 Å². The SMILES string of the molecule is CC(Oc1ccccc1CN[C@@H](C)CC1CCCCC1)c1nn[nH]n1. The number of benzene rings is 1. The summed E-state index contributed by atoms with van der Waals surface area (Å²) < 4.78 is 6.05. The van der Waals surface area contributed by atoms with E-state index in [2.05, 4.69) is 45.0 Å². The van der Waals surface area contributed by atoms with E-state index >= 15 is 0 Å². The molecule has 1 saturated carbocycles. The molecule has 0 radical (unpaired) electrons. The monoisotopic (exact) mass is 343 g/mol. The lowest BCUT2D eigenvalue weighted by atomic mass is 9.85. The molecule has 2 N–H and O–H groups in total. The van der Waals surface area contributed by atoms with Crippen LogP contribution in [-0.4, -0.2) is 26.7 Å². The van der Waals surface area contributed by atoms with E-state index in [1.807, 2.05) is 19.1 Å². The highest BCUT2D eigenvalue weighted by Gasteiger charge is 2.17. The molecule has 1 unspecified atom stereocenters. The number of nitrogens with zero attached hydrogens (tertiary/aromatic N) is 3. The van der Waals surface area contributed by atoms with Crippen LogP contribution in [0.3, 0.4) is 0 Å². The molecule has 0 bridgehead atoms. The first-order valence-electron chi connectivity index (χ1n) is 9.43. The fourth-order valence-corrected chi connectivity index (χ4v) is 3.64. The molecule has 25 heavy (non-hydrogen) atoms. The zero-order valence-corrected chi connectivity index (χ0v) is 15.2. The van der Waals surface area contributed by atoms with Gasteiger partial charge in [-0.25, -0.2) is 0 Å². The van der Waals surface area contributed by atoms with Crippen molar-refractivity contribution in [2.45, 2.75) is 71.1 Å². The third kappa shape index (κ3) is 5.26. The minimum Gasteiger partial charge on any atom is -0.482 e. The maximum Gasteiger partial charge on any atom is 0.214 e. The molecule has 0 amide bonds. The molecular weight excluding hydrogens is 314 g/mol. The molecule has 1 fully saturated rings. The molecule has 3 rings (SSSR count). The second-order valence-corrected chi connectivity index (χ2v) is 7.16. The Hall–Kier alpha value is -1.95. The fraction of sp³-hybridized carbons (Fsp3) is 0.632. The number of hydrogen-bond donors (Lipinski definition) is 2. The molecule has 1 aromatic carbocycles. The zero-order chi connectivity index (χ0) is 17.5. The van der Waals surface area contributed by atoms with E-state index in [-0.39, 0.29) is 6.10 Å². The number of rotatable bonds is 8. The topological polar surface area (TPSA) is 75.7 Å². The number of aromatic amines is 1. The van der Waals surface area contributed by atoms with Crippen molar-refractivity contribution in [2.75, 3.05) is 0 Å². The van der Waals surface area contributed by atoms with E-state index in [0.717, 1.165) is 23.8 Å². The average Bonchev–Trinajstić information content (AvgIpc) is 3.17. The smallest absolute Gasteiger partial charge is 0.214 e. The third-order valence-corrected chi connectivity index (χ3v) is 5.05. The molecule has 136 valence electrons. The van der Waals surface area contributed by atoms with E-state index in [0.29, 0.717) is 11.9 Å². The summed E-state index contributed by atoms with van der Waals surface area (Å²) >= 11 is 0. The summed E-state index contributed by atoms with van der Waals surface area (Å²) in [6, 6.07) is 8.67. The quantitative estimate of drug-likeness (QED) is 0.763. The van der Waals surface area contributed by atoms with Crippen molar-refractivity contribution in [1.29, 1.82) is 0 Å². The highest BCUT2D eigenvalue weighted by atomic mass is 16.5. The number of hydrogen-bond acceptors (Lipinski definition) is 5. The minimum atomic E-state index is -0.237. The summed E-state index contributed by atoms with van der Waals surface area (Å²) in [5, 5.41) is 17.7. The zero-order valence-electron chi connectivity index (χ0n) is 15.2. The van der Waals surface area contributed by atoms with Gasteiger partial charge >= 0.3 is 0 Å². The Morgan fingerprint density at radius 1 is 1.20 bits per heavy atom. The van der Waals surface area contributed by atoms with Gasteiger partial charge in [0.05, 0.1) is 0 Å². The summed E-state index contributed by atoms with van der Waals surface area (Å²) in [7, 11) is 0. The Balaban J connectivity index is 1.53. The minimum absolute atomic E-state index is 0.237. The van der Waals surface area contributed by atoms with Gasteiger partial charge in [-0.3, -0.25) is 0 Å². The molecule has 0 saturated heterocycles. The van der Waals surface area contributed by atoms with Crippen LogP contribution in [-0.2, 0) is 6.54 Å². The highest BCUT2D eigenvalue weighted by molar-refractivity contribution is 5.33. The third-order valence-electron chi connectivity index (χ3n) is 5.05. The van der Waals surface area contributed by atoms with Crippen LogP contribution in [0.15, 0.2) is 24.3 Å². The first-order valence-corrected chi connectivity index (χ1v) is 9.43. The van der Waals surface area contributed by atoms with E-state index in [1.54, 1.807) is 0 Å². The summed E-state index contributed by atoms with van der Waals surface area (Å²) in [5.41, 5.74) is 1.16. The lowest BCUT2D eigenvalue weighted by molar-refractivity contribution is 0.213. The molecular formula is C19H29N5O. The van der Waals surface area contributed by atoms with Crippen molar-refractivity contribution >= 4 is 0 Å². The number of H-pyrrole nitrogens is 1. The van der Waals surface area contributed by atoms with Crippen molar-refractivity contribution in [3.8, 4) is 5.75 Å². The normalized spacial score (nSPS) is 18.0. The maximum atomic E-state index is 6.05. The molecule has 1 aliphatic carbocycles. The first-order chi connectivity index (χ1) is 12.2. The standard InChI is InChI=1S/C19H29N5O/c1-14(12-16-8-4-3-5-9-16)20-13-17-10-6-7-11-18(17)25-15(2)19-21-23-24-22-19/h6-7,10-11,14-16,20H,3-5,8-9,12-13H2,1-2H3,(H,21,22,23,24)/t14-,15?/m0/s1. The van der Waals surface area contributed by atoms with Gasteiger partial charge in [-0.15, -0.1) is 10.2 Å². The first kappa shape index (κ1) is 17.9. The number of ether oxygens (including phenoxy) is 1. The van der Waals surface area contributed by atoms with E-state index in [1.165, 1.54) is 38.5 Å². The van der Waals surface area contributed by atoms with E-state index < -0.39 is 0 Å². The molecule has 1 aliphatic rings. The van der Waals surface area contributed by atoms with Crippen molar-refractivity contribution in [1.82, 2.24) is 25.9 Å². The van der Waals surface area contributed by atoms with Crippen LogP contribution in [0.2, 0.25) is 0 Å².